The highest BCUT2D eigenvalue weighted by atomic mass is 15.1. The second-order valence-electron chi connectivity index (χ2n) is 6.63. The lowest BCUT2D eigenvalue weighted by molar-refractivity contribution is 0.470. The first-order valence-corrected chi connectivity index (χ1v) is 7.60. The van der Waals surface area contributed by atoms with Gasteiger partial charge < -0.3 is 9.62 Å². The average Bonchev–Trinajstić information content (AvgIpc) is 2.68. The van der Waals surface area contributed by atoms with Gasteiger partial charge in [-0.25, -0.2) is 0 Å². The number of hydrogen-bond donors (Lipinski definition) is 0. The van der Waals surface area contributed by atoms with E-state index in [-0.39, 0.29) is 0 Å². The molecule has 0 radical (unpaired) electrons. The standard InChI is InChI=1S/C15H28B2N2/c1-10-12(3)18(7)16(5)14(10)9-15-11(2)13(4)19(8)17(15)6/h12-13H,9H2,1-8H3. The summed E-state index contributed by atoms with van der Waals surface area (Å²) in [7, 11) is 4.50. The Morgan fingerprint density at radius 1 is 0.842 bits per heavy atom. The van der Waals surface area contributed by atoms with Crippen molar-refractivity contribution in [1.82, 2.24) is 9.62 Å². The lowest BCUT2D eigenvalue weighted by Gasteiger charge is -2.21. The second-order valence-corrected chi connectivity index (χ2v) is 6.63. The van der Waals surface area contributed by atoms with E-state index in [2.05, 4.69) is 65.1 Å². The summed E-state index contributed by atoms with van der Waals surface area (Å²) in [6.07, 6.45) is 1.17. The van der Waals surface area contributed by atoms with Crippen LogP contribution in [0.3, 0.4) is 0 Å². The van der Waals surface area contributed by atoms with E-state index in [1.807, 2.05) is 0 Å². The molecule has 0 aromatic carbocycles. The van der Waals surface area contributed by atoms with Crippen molar-refractivity contribution in [2.45, 2.75) is 59.8 Å². The van der Waals surface area contributed by atoms with E-state index >= 15 is 0 Å². The quantitative estimate of drug-likeness (QED) is 0.702. The molecule has 0 saturated heterocycles. The third kappa shape index (κ3) is 2.23. The number of nitrogens with zero attached hydrogens (tertiary/aromatic N) is 2. The summed E-state index contributed by atoms with van der Waals surface area (Å²) in [6, 6.07) is 1.19. The molecule has 4 heteroatoms. The van der Waals surface area contributed by atoms with Gasteiger partial charge in [-0.05, 0) is 48.2 Å². The van der Waals surface area contributed by atoms with Gasteiger partial charge in [-0.2, -0.15) is 0 Å². The molecular formula is C15H28B2N2. The maximum atomic E-state index is 2.49. The number of hydrogen-bond acceptors (Lipinski definition) is 2. The molecule has 0 bridgehead atoms. The SMILES string of the molecule is CB1C(CC2=C(C)C(C)N(C)B2C)=C(C)C(C)N1C. The molecular weight excluding hydrogens is 230 g/mol. The average molecular weight is 258 g/mol. The third-order valence-electron chi connectivity index (χ3n) is 6.10. The fourth-order valence-corrected chi connectivity index (χ4v) is 3.75. The summed E-state index contributed by atoms with van der Waals surface area (Å²) >= 11 is 0. The first-order valence-electron chi connectivity index (χ1n) is 7.60. The van der Waals surface area contributed by atoms with Gasteiger partial charge in [0.05, 0.1) is 0 Å². The van der Waals surface area contributed by atoms with Crippen LogP contribution < -0.4 is 0 Å². The van der Waals surface area contributed by atoms with Gasteiger partial charge in [0.1, 0.15) is 0 Å². The normalized spacial score (nSPS) is 30.3. The smallest absolute Gasteiger partial charge is 0.250 e. The van der Waals surface area contributed by atoms with Crippen molar-refractivity contribution in [2.24, 2.45) is 0 Å². The minimum atomic E-state index is 0.587. The van der Waals surface area contributed by atoms with Crippen LogP contribution >= 0.6 is 0 Å². The summed E-state index contributed by atoms with van der Waals surface area (Å²) in [5, 5.41) is 0. The molecule has 0 fully saturated rings. The molecule has 0 aromatic heterocycles. The largest absolute Gasteiger partial charge is 0.335 e. The highest BCUT2D eigenvalue weighted by Gasteiger charge is 2.38. The van der Waals surface area contributed by atoms with Crippen LogP contribution in [0.5, 0.6) is 0 Å². The highest BCUT2D eigenvalue weighted by molar-refractivity contribution is 6.66. The Balaban J connectivity index is 2.28. The zero-order valence-electron chi connectivity index (χ0n) is 13.9. The first kappa shape index (κ1) is 14.9. The van der Waals surface area contributed by atoms with Gasteiger partial charge in [0.2, 0.25) is 0 Å². The van der Waals surface area contributed by atoms with Gasteiger partial charge in [-0.1, -0.05) is 35.7 Å². The number of allylic oxidation sites excluding steroid dienone is 2. The lowest BCUT2D eigenvalue weighted by atomic mass is 9.50. The molecule has 0 spiro atoms. The predicted molar refractivity (Wildman–Crippen MR) is 87.7 cm³/mol. The van der Waals surface area contributed by atoms with Gasteiger partial charge in [0, 0.05) is 12.1 Å². The van der Waals surface area contributed by atoms with E-state index in [9.17, 15) is 0 Å². The summed E-state index contributed by atoms with van der Waals surface area (Å²) in [6.45, 7) is 15.2. The minimum Gasteiger partial charge on any atom is -0.335 e. The number of likely N-dealkylation sites (N-methyl/N-ethyl adjacent to an activating group) is 2. The maximum Gasteiger partial charge on any atom is 0.250 e. The van der Waals surface area contributed by atoms with Crippen molar-refractivity contribution in [3.63, 3.8) is 0 Å². The minimum absolute atomic E-state index is 0.587. The van der Waals surface area contributed by atoms with E-state index < -0.39 is 0 Å². The Morgan fingerprint density at radius 2 is 1.16 bits per heavy atom. The molecule has 0 aromatic rings. The molecule has 104 valence electrons. The molecule has 2 atom stereocenters. The van der Waals surface area contributed by atoms with Gasteiger partial charge >= 0.3 is 0 Å². The predicted octanol–water partition coefficient (Wildman–Crippen LogP) is 3.00. The van der Waals surface area contributed by atoms with Crippen LogP contribution in [0.1, 0.15) is 34.1 Å². The first-order chi connectivity index (χ1) is 8.77. The van der Waals surface area contributed by atoms with Crippen LogP contribution in [0.15, 0.2) is 22.1 Å². The summed E-state index contributed by atoms with van der Waals surface area (Å²) in [4.78, 5) is 4.99. The molecule has 19 heavy (non-hydrogen) atoms. The lowest BCUT2D eigenvalue weighted by Crippen LogP contribution is -2.36. The van der Waals surface area contributed by atoms with Crippen molar-refractivity contribution in [3.8, 4) is 0 Å². The van der Waals surface area contributed by atoms with Crippen LogP contribution in [0.2, 0.25) is 13.6 Å². The van der Waals surface area contributed by atoms with Crippen LogP contribution in [-0.4, -0.2) is 49.5 Å². The summed E-state index contributed by atoms with van der Waals surface area (Å²) < 4.78 is 0. The van der Waals surface area contributed by atoms with Crippen molar-refractivity contribution in [1.29, 1.82) is 0 Å². The van der Waals surface area contributed by atoms with E-state index in [1.165, 1.54) is 6.42 Å². The molecule has 2 aliphatic heterocycles. The maximum absolute atomic E-state index is 2.49. The monoisotopic (exact) mass is 258 g/mol. The number of rotatable bonds is 2. The molecule has 0 N–H and O–H groups in total. The summed E-state index contributed by atoms with van der Waals surface area (Å²) in [5.41, 5.74) is 6.48. The molecule has 0 saturated carbocycles. The molecule has 2 aliphatic rings. The zero-order chi connectivity index (χ0) is 14.5. The van der Waals surface area contributed by atoms with E-state index in [4.69, 9.17) is 0 Å². The fourth-order valence-electron chi connectivity index (χ4n) is 3.75. The van der Waals surface area contributed by atoms with E-state index in [0.29, 0.717) is 25.8 Å². The second kappa shape index (κ2) is 5.14. The van der Waals surface area contributed by atoms with E-state index in [1.54, 1.807) is 22.1 Å². The summed E-state index contributed by atoms with van der Waals surface area (Å²) in [5.74, 6) is 0. The molecule has 2 heterocycles. The Morgan fingerprint density at radius 3 is 1.37 bits per heavy atom. The van der Waals surface area contributed by atoms with Crippen molar-refractivity contribution < 1.29 is 0 Å². The molecule has 0 aliphatic carbocycles. The highest BCUT2D eigenvalue weighted by Crippen LogP contribution is 2.36. The Kier molecular flexibility index (Phi) is 4.04. The van der Waals surface area contributed by atoms with Gasteiger partial charge in [-0.3, -0.25) is 0 Å². The Hall–Kier alpha value is -0.470. The Bertz CT molecular complexity index is 401. The van der Waals surface area contributed by atoms with E-state index in [0.717, 1.165) is 0 Å². The van der Waals surface area contributed by atoms with Gasteiger partial charge in [0.25, 0.3) is 13.7 Å². The van der Waals surface area contributed by atoms with Crippen LogP contribution in [-0.2, 0) is 0 Å². The van der Waals surface area contributed by atoms with Crippen molar-refractivity contribution in [2.75, 3.05) is 14.1 Å². The Labute approximate surface area is 120 Å². The molecule has 2 nitrogen and oxygen atoms in total. The fraction of sp³-hybridized carbons (Fsp3) is 0.733. The molecule has 2 unspecified atom stereocenters. The van der Waals surface area contributed by atoms with Crippen LogP contribution in [0.4, 0.5) is 0 Å². The third-order valence-corrected chi connectivity index (χ3v) is 6.10. The van der Waals surface area contributed by atoms with Crippen LogP contribution in [0.25, 0.3) is 0 Å². The van der Waals surface area contributed by atoms with Crippen molar-refractivity contribution >= 4 is 13.7 Å². The van der Waals surface area contributed by atoms with Crippen LogP contribution in [0, 0.1) is 0 Å². The zero-order valence-corrected chi connectivity index (χ0v) is 13.9. The van der Waals surface area contributed by atoms with Crippen molar-refractivity contribution in [3.05, 3.63) is 22.1 Å². The van der Waals surface area contributed by atoms with Gasteiger partial charge in [-0.15, -0.1) is 0 Å². The van der Waals surface area contributed by atoms with Gasteiger partial charge in [0.15, 0.2) is 0 Å². The molecule has 0 amide bonds. The molecule has 2 rings (SSSR count). The topological polar surface area (TPSA) is 6.48 Å².